The molecule has 96 valence electrons. The lowest BCUT2D eigenvalue weighted by molar-refractivity contribution is 0.500. The molecule has 17 heavy (non-hydrogen) atoms. The molecule has 0 amide bonds. The summed E-state index contributed by atoms with van der Waals surface area (Å²) < 4.78 is 4.40. The van der Waals surface area contributed by atoms with Gasteiger partial charge in [0.25, 0.3) is 0 Å². The maximum atomic E-state index is 5.63. The molecule has 0 unspecified atom stereocenters. The van der Waals surface area contributed by atoms with Gasteiger partial charge >= 0.3 is 0 Å². The molecule has 0 spiro atoms. The van der Waals surface area contributed by atoms with Crippen molar-refractivity contribution in [1.82, 2.24) is 9.36 Å². The minimum Gasteiger partial charge on any atom is -0.360 e. The Labute approximate surface area is 107 Å². The van der Waals surface area contributed by atoms with Gasteiger partial charge in [-0.15, -0.1) is 0 Å². The maximum Gasteiger partial charge on any atom is 0.202 e. The Morgan fingerprint density at radius 3 is 2.59 bits per heavy atom. The zero-order valence-corrected chi connectivity index (χ0v) is 11.7. The van der Waals surface area contributed by atoms with E-state index in [1.807, 2.05) is 0 Å². The second-order valence-corrected chi connectivity index (χ2v) is 6.82. The van der Waals surface area contributed by atoms with Gasteiger partial charge in [0.05, 0.1) is 0 Å². The highest BCUT2D eigenvalue weighted by molar-refractivity contribution is 7.09. The average Bonchev–Trinajstić information content (AvgIpc) is 2.82. The highest BCUT2D eigenvalue weighted by Gasteiger charge is 2.41. The number of anilines is 1. The fourth-order valence-electron chi connectivity index (χ4n) is 1.86. The van der Waals surface area contributed by atoms with Gasteiger partial charge in [0.2, 0.25) is 5.13 Å². The van der Waals surface area contributed by atoms with Crippen molar-refractivity contribution < 1.29 is 0 Å². The fourth-order valence-corrected chi connectivity index (χ4v) is 2.61. The maximum absolute atomic E-state index is 5.63. The van der Waals surface area contributed by atoms with E-state index in [1.165, 1.54) is 24.4 Å². The molecule has 1 saturated carbocycles. The number of hydrogen-bond donors (Lipinski definition) is 2. The smallest absolute Gasteiger partial charge is 0.202 e. The summed E-state index contributed by atoms with van der Waals surface area (Å²) in [6, 6.07) is 0. The van der Waals surface area contributed by atoms with E-state index in [9.17, 15) is 0 Å². The molecule has 4 nitrogen and oxygen atoms in total. The third-order valence-electron chi connectivity index (χ3n) is 3.34. The van der Waals surface area contributed by atoms with E-state index in [1.54, 1.807) is 0 Å². The quantitative estimate of drug-likeness (QED) is 0.847. The van der Waals surface area contributed by atoms with E-state index in [4.69, 9.17) is 5.73 Å². The lowest BCUT2D eigenvalue weighted by Gasteiger charge is -2.14. The third-order valence-corrected chi connectivity index (χ3v) is 4.02. The van der Waals surface area contributed by atoms with Crippen LogP contribution in [0.4, 0.5) is 5.13 Å². The second-order valence-electron chi connectivity index (χ2n) is 6.07. The number of hydrogen-bond acceptors (Lipinski definition) is 5. The monoisotopic (exact) mass is 254 g/mol. The van der Waals surface area contributed by atoms with Crippen LogP contribution < -0.4 is 11.1 Å². The molecule has 2 rings (SSSR count). The van der Waals surface area contributed by atoms with Gasteiger partial charge in [0.1, 0.15) is 5.82 Å². The molecular weight excluding hydrogens is 232 g/mol. The van der Waals surface area contributed by atoms with Crippen LogP contribution in [0.5, 0.6) is 0 Å². The number of rotatable bonds is 5. The minimum absolute atomic E-state index is 0.0327. The van der Waals surface area contributed by atoms with Gasteiger partial charge in [-0.05, 0) is 31.2 Å². The standard InChI is InChI=1S/C12H22N4S/c1-11(2,3)9-15-10(17-16-9)14-8-12(4-5-12)6-7-13/h4-8,13H2,1-3H3,(H,14,15,16). The lowest BCUT2D eigenvalue weighted by Crippen LogP contribution is -2.19. The van der Waals surface area contributed by atoms with Crippen molar-refractivity contribution in [2.75, 3.05) is 18.4 Å². The Morgan fingerprint density at radius 1 is 1.41 bits per heavy atom. The molecule has 1 aliphatic rings. The largest absolute Gasteiger partial charge is 0.360 e. The van der Waals surface area contributed by atoms with Gasteiger partial charge in [-0.1, -0.05) is 20.8 Å². The fraction of sp³-hybridized carbons (Fsp3) is 0.833. The second kappa shape index (κ2) is 4.53. The molecule has 1 heterocycles. The van der Waals surface area contributed by atoms with Gasteiger partial charge in [0.15, 0.2) is 0 Å². The Balaban J connectivity index is 1.90. The topological polar surface area (TPSA) is 63.8 Å². The van der Waals surface area contributed by atoms with E-state index in [2.05, 4.69) is 35.4 Å². The van der Waals surface area contributed by atoms with E-state index in [0.29, 0.717) is 5.41 Å². The molecule has 1 aliphatic carbocycles. The molecule has 0 aliphatic heterocycles. The van der Waals surface area contributed by atoms with Crippen molar-refractivity contribution in [1.29, 1.82) is 0 Å². The van der Waals surface area contributed by atoms with Gasteiger partial charge in [-0.2, -0.15) is 4.37 Å². The number of nitrogens with one attached hydrogen (secondary N) is 1. The average molecular weight is 254 g/mol. The first kappa shape index (κ1) is 12.8. The molecule has 0 saturated heterocycles. The minimum atomic E-state index is 0.0327. The van der Waals surface area contributed by atoms with Crippen LogP contribution in [-0.2, 0) is 5.41 Å². The summed E-state index contributed by atoms with van der Waals surface area (Å²) in [5.74, 6) is 0.925. The van der Waals surface area contributed by atoms with Crippen molar-refractivity contribution >= 4 is 16.7 Å². The van der Waals surface area contributed by atoms with Gasteiger partial charge in [-0.3, -0.25) is 0 Å². The Morgan fingerprint density at radius 2 is 2.12 bits per heavy atom. The Bertz CT molecular complexity index is 376. The summed E-state index contributed by atoms with van der Waals surface area (Å²) in [6.07, 6.45) is 3.70. The van der Waals surface area contributed by atoms with Crippen molar-refractivity contribution in [3.8, 4) is 0 Å². The first-order valence-electron chi connectivity index (χ1n) is 6.23. The Hall–Kier alpha value is -0.680. The predicted octanol–water partition coefficient (Wildman–Crippen LogP) is 2.38. The number of nitrogens with two attached hydrogens (primary N) is 1. The van der Waals surface area contributed by atoms with E-state index >= 15 is 0 Å². The molecule has 0 aromatic carbocycles. The summed E-state index contributed by atoms with van der Waals surface area (Å²) in [6.45, 7) is 8.18. The predicted molar refractivity (Wildman–Crippen MR) is 72.4 cm³/mol. The Kier molecular flexibility index (Phi) is 3.41. The van der Waals surface area contributed by atoms with Crippen molar-refractivity contribution in [2.24, 2.45) is 11.1 Å². The van der Waals surface area contributed by atoms with Crippen molar-refractivity contribution in [3.63, 3.8) is 0 Å². The zero-order chi connectivity index (χ0) is 12.5. The summed E-state index contributed by atoms with van der Waals surface area (Å²) in [5, 5.41) is 4.36. The summed E-state index contributed by atoms with van der Waals surface area (Å²) >= 11 is 1.46. The highest BCUT2D eigenvalue weighted by Crippen LogP contribution is 2.48. The molecular formula is C12H22N4S. The first-order chi connectivity index (χ1) is 7.95. The van der Waals surface area contributed by atoms with Crippen molar-refractivity contribution in [2.45, 2.75) is 45.4 Å². The molecule has 0 atom stereocenters. The van der Waals surface area contributed by atoms with Gasteiger partial charge in [-0.25, -0.2) is 4.98 Å². The SMILES string of the molecule is CC(C)(C)c1nsc(NCC2(CCN)CC2)n1. The first-order valence-corrected chi connectivity index (χ1v) is 7.01. The molecule has 1 aromatic heterocycles. The molecule has 1 aromatic rings. The molecule has 0 bridgehead atoms. The van der Waals surface area contributed by atoms with Crippen molar-refractivity contribution in [3.05, 3.63) is 5.82 Å². The van der Waals surface area contributed by atoms with Crippen LogP contribution in [0.15, 0.2) is 0 Å². The number of nitrogens with zero attached hydrogens (tertiary/aromatic N) is 2. The number of aromatic nitrogens is 2. The molecule has 3 N–H and O–H groups in total. The van der Waals surface area contributed by atoms with E-state index in [-0.39, 0.29) is 5.41 Å². The summed E-state index contributed by atoms with van der Waals surface area (Å²) in [7, 11) is 0. The van der Waals surface area contributed by atoms with E-state index < -0.39 is 0 Å². The molecule has 1 fully saturated rings. The van der Waals surface area contributed by atoms with Crippen LogP contribution in [0.2, 0.25) is 0 Å². The molecule has 5 heteroatoms. The van der Waals surface area contributed by atoms with Crippen LogP contribution >= 0.6 is 11.5 Å². The zero-order valence-electron chi connectivity index (χ0n) is 10.9. The third kappa shape index (κ3) is 3.16. The van der Waals surface area contributed by atoms with Crippen LogP contribution in [0.25, 0.3) is 0 Å². The van der Waals surface area contributed by atoms with Gasteiger partial charge < -0.3 is 11.1 Å². The van der Waals surface area contributed by atoms with Crippen LogP contribution in [0.1, 0.15) is 45.9 Å². The summed E-state index contributed by atoms with van der Waals surface area (Å²) in [4.78, 5) is 4.54. The van der Waals surface area contributed by atoms with Crippen LogP contribution in [-0.4, -0.2) is 22.4 Å². The molecule has 0 radical (unpaired) electrons. The normalized spacial score (nSPS) is 18.1. The summed E-state index contributed by atoms with van der Waals surface area (Å²) in [5.41, 5.74) is 6.11. The van der Waals surface area contributed by atoms with Crippen LogP contribution in [0, 0.1) is 5.41 Å². The van der Waals surface area contributed by atoms with Gasteiger partial charge in [0, 0.05) is 23.5 Å². The van der Waals surface area contributed by atoms with Crippen LogP contribution in [0.3, 0.4) is 0 Å². The highest BCUT2D eigenvalue weighted by atomic mass is 32.1. The van der Waals surface area contributed by atoms with E-state index in [0.717, 1.165) is 30.5 Å². The lowest BCUT2D eigenvalue weighted by atomic mass is 9.96.